The summed E-state index contributed by atoms with van der Waals surface area (Å²) >= 11 is 0. The molecule has 13 heteroatoms. The fourth-order valence-corrected chi connectivity index (χ4v) is 3.90. The first-order valence-corrected chi connectivity index (χ1v) is 11.3. The maximum Gasteiger partial charge on any atom is 1.00 e. The summed E-state index contributed by atoms with van der Waals surface area (Å²) < 4.78 is 72.1. The average molecular weight is 480 g/mol. The SMILES string of the molecule is CCOC(=O)c1cc(C(=O)OCC)cc(S(=O)(=O)Oc2cc[c-]cc2S(=O)(=O)O)c1.[Na+]. The van der Waals surface area contributed by atoms with Gasteiger partial charge in [-0.15, -0.1) is 6.07 Å². The third-order valence-electron chi connectivity index (χ3n) is 3.48. The number of carbonyl (C=O) groups excluding carboxylic acids is 2. The maximum absolute atomic E-state index is 12.7. The van der Waals surface area contributed by atoms with Crippen molar-refractivity contribution in [3.8, 4) is 5.75 Å². The molecule has 0 aliphatic carbocycles. The van der Waals surface area contributed by atoms with Gasteiger partial charge in [0.15, 0.2) is 0 Å². The van der Waals surface area contributed by atoms with Crippen LogP contribution in [0.15, 0.2) is 46.2 Å². The molecule has 0 unspecified atom stereocenters. The summed E-state index contributed by atoms with van der Waals surface area (Å²) in [5.41, 5.74) is -0.526. The molecule has 2 aromatic carbocycles. The van der Waals surface area contributed by atoms with E-state index in [0.717, 1.165) is 30.3 Å². The number of hydrogen-bond acceptors (Lipinski definition) is 9. The van der Waals surface area contributed by atoms with E-state index in [1.165, 1.54) is 19.9 Å². The van der Waals surface area contributed by atoms with E-state index in [1.807, 2.05) is 0 Å². The maximum atomic E-state index is 12.7. The molecular weight excluding hydrogens is 463 g/mol. The number of esters is 2. The monoisotopic (exact) mass is 480 g/mol. The van der Waals surface area contributed by atoms with Crippen LogP contribution < -0.4 is 33.7 Å². The predicted octanol–water partition coefficient (Wildman–Crippen LogP) is -1.14. The van der Waals surface area contributed by atoms with E-state index in [0.29, 0.717) is 0 Å². The molecule has 2 rings (SSSR count). The predicted molar refractivity (Wildman–Crippen MR) is 101 cm³/mol. The fraction of sp³-hybridized carbons (Fsp3) is 0.222. The molecule has 0 aliphatic heterocycles. The van der Waals surface area contributed by atoms with Gasteiger partial charge in [0.2, 0.25) is 10.1 Å². The minimum Gasteiger partial charge on any atom is -0.462 e. The molecule has 0 saturated heterocycles. The largest absolute Gasteiger partial charge is 1.00 e. The average Bonchev–Trinajstić information content (AvgIpc) is 2.67. The zero-order valence-electron chi connectivity index (χ0n) is 16.8. The second-order valence-corrected chi connectivity index (χ2v) is 8.51. The number of hydrogen-bond donors (Lipinski definition) is 1. The summed E-state index contributed by atoms with van der Waals surface area (Å²) in [5.74, 6) is -2.49. The van der Waals surface area contributed by atoms with Gasteiger partial charge in [0.1, 0.15) is 4.90 Å². The molecule has 0 atom stereocenters. The Kier molecular flexibility index (Phi) is 9.67. The van der Waals surface area contributed by atoms with Crippen LogP contribution in [-0.4, -0.2) is 46.5 Å². The molecule has 2 aromatic rings. The second-order valence-electron chi connectivity index (χ2n) is 5.57. The molecule has 1 N–H and O–H groups in total. The van der Waals surface area contributed by atoms with Crippen molar-refractivity contribution in [3.63, 3.8) is 0 Å². The Morgan fingerprint density at radius 3 is 1.94 bits per heavy atom. The number of benzene rings is 2. The zero-order valence-corrected chi connectivity index (χ0v) is 20.4. The summed E-state index contributed by atoms with van der Waals surface area (Å²) in [7, 11) is -9.56. The van der Waals surface area contributed by atoms with Crippen LogP contribution in [0.4, 0.5) is 0 Å². The van der Waals surface area contributed by atoms with Crippen molar-refractivity contribution in [3.05, 3.63) is 53.6 Å². The van der Waals surface area contributed by atoms with Crippen molar-refractivity contribution in [2.24, 2.45) is 0 Å². The third kappa shape index (κ3) is 7.02. The molecule has 0 amide bonds. The molecule has 0 fully saturated rings. The van der Waals surface area contributed by atoms with E-state index in [1.54, 1.807) is 0 Å². The Morgan fingerprint density at radius 2 is 1.48 bits per heavy atom. The molecule has 31 heavy (non-hydrogen) atoms. The van der Waals surface area contributed by atoms with Crippen molar-refractivity contribution < 1.29 is 74.2 Å². The summed E-state index contributed by atoms with van der Waals surface area (Å²) in [5, 5.41) is 0. The van der Waals surface area contributed by atoms with E-state index < -0.39 is 47.7 Å². The number of carbonyl (C=O) groups is 2. The van der Waals surface area contributed by atoms with Crippen molar-refractivity contribution >= 4 is 32.2 Å². The molecule has 0 saturated carbocycles. The van der Waals surface area contributed by atoms with Gasteiger partial charge in [-0.05, 0) is 32.0 Å². The molecule has 0 radical (unpaired) electrons. The molecule has 0 aliphatic rings. The Bertz CT molecular complexity index is 1140. The van der Waals surface area contributed by atoms with E-state index in [-0.39, 0.29) is 53.9 Å². The Labute approximate surface area is 201 Å². The molecule has 162 valence electrons. The van der Waals surface area contributed by atoms with Gasteiger partial charge in [0, 0.05) is 4.90 Å². The molecule has 0 spiro atoms. The summed E-state index contributed by atoms with van der Waals surface area (Å²) in [6, 6.07) is 8.21. The smallest absolute Gasteiger partial charge is 0.462 e. The van der Waals surface area contributed by atoms with Gasteiger partial charge < -0.3 is 13.7 Å². The first-order chi connectivity index (χ1) is 14.0. The van der Waals surface area contributed by atoms with Gasteiger partial charge in [-0.2, -0.15) is 26.6 Å². The normalized spacial score (nSPS) is 11.2. The van der Waals surface area contributed by atoms with Crippen LogP contribution in [0.2, 0.25) is 0 Å². The quantitative estimate of drug-likeness (QED) is 0.161. The van der Waals surface area contributed by atoms with E-state index >= 15 is 0 Å². The Balaban J connectivity index is 0.00000480. The van der Waals surface area contributed by atoms with Crippen LogP contribution in [-0.2, 0) is 29.7 Å². The van der Waals surface area contributed by atoms with Gasteiger partial charge in [-0.25, -0.2) is 18.0 Å². The molecular formula is C18H17NaO10S2. The molecule has 10 nitrogen and oxygen atoms in total. The number of rotatable bonds is 8. The van der Waals surface area contributed by atoms with Crippen LogP contribution in [0.5, 0.6) is 5.75 Å². The van der Waals surface area contributed by atoms with Crippen LogP contribution in [0, 0.1) is 6.07 Å². The fourth-order valence-electron chi connectivity index (χ4n) is 2.25. The van der Waals surface area contributed by atoms with E-state index in [4.69, 9.17) is 13.7 Å². The Morgan fingerprint density at radius 1 is 0.968 bits per heavy atom. The standard InChI is InChI=1S/C18H17O10S2.Na/c1-3-26-17(19)12-9-13(18(20)27-4-2)11-14(10-12)30(24,25)28-15-7-5-6-8-16(15)29(21,22)23;/h5,7-11H,3-4H2,1-2H3,(H,21,22,23);/q-1;+1. The minimum absolute atomic E-state index is 0. The van der Waals surface area contributed by atoms with E-state index in [9.17, 15) is 31.0 Å². The third-order valence-corrected chi connectivity index (χ3v) is 5.57. The number of ether oxygens (including phenoxy) is 2. The zero-order chi connectivity index (χ0) is 22.5. The van der Waals surface area contributed by atoms with Crippen LogP contribution in [0.3, 0.4) is 0 Å². The van der Waals surface area contributed by atoms with Crippen LogP contribution in [0.25, 0.3) is 0 Å². The second kappa shape index (κ2) is 11.1. The van der Waals surface area contributed by atoms with Gasteiger partial charge in [-0.1, -0.05) is 0 Å². The molecule has 0 heterocycles. The van der Waals surface area contributed by atoms with Crippen LogP contribution >= 0.6 is 0 Å². The summed E-state index contributed by atoms with van der Waals surface area (Å²) in [4.78, 5) is 22.7. The van der Waals surface area contributed by atoms with Gasteiger partial charge in [0.25, 0.3) is 0 Å². The summed E-state index contributed by atoms with van der Waals surface area (Å²) in [6.07, 6.45) is 0. The van der Waals surface area contributed by atoms with Gasteiger partial charge in [-0.3, -0.25) is 4.55 Å². The Hall–Kier alpha value is -1.96. The van der Waals surface area contributed by atoms with E-state index in [2.05, 4.69) is 6.07 Å². The van der Waals surface area contributed by atoms with Crippen molar-refractivity contribution in [2.75, 3.05) is 13.2 Å². The van der Waals surface area contributed by atoms with Crippen molar-refractivity contribution in [1.82, 2.24) is 0 Å². The minimum atomic E-state index is -4.81. The van der Waals surface area contributed by atoms with Crippen molar-refractivity contribution in [1.29, 1.82) is 0 Å². The van der Waals surface area contributed by atoms with Gasteiger partial charge in [0.05, 0.1) is 30.1 Å². The van der Waals surface area contributed by atoms with Crippen molar-refractivity contribution in [2.45, 2.75) is 23.6 Å². The topological polar surface area (TPSA) is 150 Å². The molecule has 0 bridgehead atoms. The van der Waals surface area contributed by atoms with Gasteiger partial charge >= 0.3 is 51.6 Å². The first-order valence-electron chi connectivity index (χ1n) is 8.41. The summed E-state index contributed by atoms with van der Waals surface area (Å²) in [6.45, 7) is 3.08. The molecule has 0 aromatic heterocycles. The first kappa shape index (κ1) is 27.1. The van der Waals surface area contributed by atoms with Crippen LogP contribution in [0.1, 0.15) is 34.6 Å².